The molecule has 2 rings (SSSR count). The standard InChI is InChI=1S/C10H17ClN2O/c1-8(11)9(14)13-4-3-10(7-13)5-12(2)6-10/h8H,3-7H2,1-2H3. The Balaban J connectivity index is 1.92. The largest absolute Gasteiger partial charge is 0.341 e. The van der Waals surface area contributed by atoms with Gasteiger partial charge in [0.2, 0.25) is 5.91 Å². The monoisotopic (exact) mass is 216 g/mol. The van der Waals surface area contributed by atoms with Gasteiger partial charge in [-0.1, -0.05) is 0 Å². The van der Waals surface area contributed by atoms with Gasteiger partial charge < -0.3 is 9.80 Å². The van der Waals surface area contributed by atoms with Crippen molar-refractivity contribution in [3.8, 4) is 0 Å². The number of amides is 1. The zero-order chi connectivity index (χ0) is 10.3. The van der Waals surface area contributed by atoms with Crippen molar-refractivity contribution < 1.29 is 4.79 Å². The average molecular weight is 217 g/mol. The van der Waals surface area contributed by atoms with Crippen molar-refractivity contribution in [2.45, 2.75) is 18.7 Å². The third-order valence-electron chi connectivity index (χ3n) is 3.30. The van der Waals surface area contributed by atoms with E-state index in [-0.39, 0.29) is 11.3 Å². The van der Waals surface area contributed by atoms with Gasteiger partial charge in [-0.15, -0.1) is 11.6 Å². The van der Waals surface area contributed by atoms with E-state index in [2.05, 4.69) is 11.9 Å². The number of carbonyl (C=O) groups is 1. The van der Waals surface area contributed by atoms with Crippen LogP contribution in [0.25, 0.3) is 0 Å². The molecule has 0 radical (unpaired) electrons. The lowest BCUT2D eigenvalue weighted by molar-refractivity contribution is -0.130. The summed E-state index contributed by atoms with van der Waals surface area (Å²) < 4.78 is 0. The van der Waals surface area contributed by atoms with Crippen LogP contribution in [-0.2, 0) is 4.79 Å². The average Bonchev–Trinajstić information content (AvgIpc) is 2.47. The fraction of sp³-hybridized carbons (Fsp3) is 0.900. The van der Waals surface area contributed by atoms with Crippen LogP contribution in [0.5, 0.6) is 0 Å². The molecule has 1 unspecified atom stereocenters. The number of alkyl halides is 1. The van der Waals surface area contributed by atoms with Crippen molar-refractivity contribution in [3.05, 3.63) is 0 Å². The van der Waals surface area contributed by atoms with Gasteiger partial charge in [0.25, 0.3) is 0 Å². The first-order chi connectivity index (χ1) is 6.52. The van der Waals surface area contributed by atoms with Gasteiger partial charge in [0.1, 0.15) is 5.38 Å². The number of hydrogen-bond acceptors (Lipinski definition) is 2. The Hall–Kier alpha value is -0.280. The third kappa shape index (κ3) is 1.63. The highest BCUT2D eigenvalue weighted by Gasteiger charge is 2.47. The highest BCUT2D eigenvalue weighted by atomic mass is 35.5. The fourth-order valence-electron chi connectivity index (χ4n) is 2.73. The van der Waals surface area contributed by atoms with Crippen molar-refractivity contribution >= 4 is 17.5 Å². The Morgan fingerprint density at radius 1 is 1.43 bits per heavy atom. The number of likely N-dealkylation sites (tertiary alicyclic amines) is 2. The molecule has 1 amide bonds. The summed E-state index contributed by atoms with van der Waals surface area (Å²) in [6.07, 6.45) is 1.15. The number of rotatable bonds is 1. The highest BCUT2D eigenvalue weighted by Crippen LogP contribution is 2.38. The zero-order valence-electron chi connectivity index (χ0n) is 8.79. The van der Waals surface area contributed by atoms with Gasteiger partial charge in [-0.2, -0.15) is 0 Å². The molecule has 2 aliphatic rings. The van der Waals surface area contributed by atoms with Gasteiger partial charge in [0, 0.05) is 31.6 Å². The van der Waals surface area contributed by atoms with Gasteiger partial charge >= 0.3 is 0 Å². The summed E-state index contributed by atoms with van der Waals surface area (Å²) in [6, 6.07) is 0. The van der Waals surface area contributed by atoms with Crippen LogP contribution in [0.1, 0.15) is 13.3 Å². The molecule has 0 aliphatic carbocycles. The van der Waals surface area contributed by atoms with Crippen LogP contribution in [-0.4, -0.2) is 54.3 Å². The molecule has 2 aliphatic heterocycles. The lowest BCUT2D eigenvalue weighted by atomic mass is 9.79. The minimum absolute atomic E-state index is 0.0955. The van der Waals surface area contributed by atoms with Crippen molar-refractivity contribution in [1.29, 1.82) is 0 Å². The normalized spacial score (nSPS) is 27.8. The van der Waals surface area contributed by atoms with Gasteiger partial charge in [-0.05, 0) is 20.4 Å². The second-order valence-corrected chi connectivity index (χ2v) is 5.45. The maximum Gasteiger partial charge on any atom is 0.240 e. The summed E-state index contributed by atoms with van der Waals surface area (Å²) in [5, 5.41) is -0.372. The molecule has 0 saturated carbocycles. The molecule has 4 heteroatoms. The predicted octanol–water partition coefficient (Wildman–Crippen LogP) is 0.778. The Kier molecular flexibility index (Phi) is 2.48. The van der Waals surface area contributed by atoms with E-state index in [1.807, 2.05) is 4.90 Å². The van der Waals surface area contributed by atoms with Crippen molar-refractivity contribution in [1.82, 2.24) is 9.80 Å². The van der Waals surface area contributed by atoms with Gasteiger partial charge in [-0.25, -0.2) is 0 Å². The molecule has 0 aromatic heterocycles. The fourth-order valence-corrected chi connectivity index (χ4v) is 2.87. The second-order valence-electron chi connectivity index (χ2n) is 4.80. The number of nitrogens with zero attached hydrogens (tertiary/aromatic N) is 2. The first-order valence-corrected chi connectivity index (χ1v) is 5.57. The van der Waals surface area contributed by atoms with Gasteiger partial charge in [-0.3, -0.25) is 4.79 Å². The van der Waals surface area contributed by atoms with E-state index in [4.69, 9.17) is 11.6 Å². The lowest BCUT2D eigenvalue weighted by Gasteiger charge is -2.46. The summed E-state index contributed by atoms with van der Waals surface area (Å²) in [5.74, 6) is 0.0955. The van der Waals surface area contributed by atoms with E-state index in [1.165, 1.54) is 0 Å². The van der Waals surface area contributed by atoms with Crippen LogP contribution in [0.3, 0.4) is 0 Å². The molecule has 0 N–H and O–H groups in total. The van der Waals surface area contributed by atoms with Crippen LogP contribution >= 0.6 is 11.6 Å². The van der Waals surface area contributed by atoms with Crippen LogP contribution in [0.15, 0.2) is 0 Å². The minimum atomic E-state index is -0.372. The Labute approximate surface area is 90.0 Å². The van der Waals surface area contributed by atoms with Gasteiger partial charge in [0.15, 0.2) is 0 Å². The van der Waals surface area contributed by atoms with Crippen molar-refractivity contribution in [2.75, 3.05) is 33.2 Å². The van der Waals surface area contributed by atoms with Crippen LogP contribution in [0, 0.1) is 5.41 Å². The second kappa shape index (κ2) is 3.38. The molecular formula is C10H17ClN2O. The molecule has 80 valence electrons. The Bertz CT molecular complexity index is 249. The quantitative estimate of drug-likeness (QED) is 0.605. The number of hydrogen-bond donors (Lipinski definition) is 0. The molecule has 1 spiro atoms. The molecule has 2 heterocycles. The van der Waals surface area contributed by atoms with Crippen molar-refractivity contribution in [3.63, 3.8) is 0 Å². The van der Waals surface area contributed by atoms with Crippen LogP contribution in [0.2, 0.25) is 0 Å². The molecule has 2 saturated heterocycles. The summed E-state index contributed by atoms with van der Waals surface area (Å²) in [4.78, 5) is 15.9. The first-order valence-electron chi connectivity index (χ1n) is 5.14. The molecule has 0 bridgehead atoms. The molecular weight excluding hydrogens is 200 g/mol. The predicted molar refractivity (Wildman–Crippen MR) is 56.4 cm³/mol. The van der Waals surface area contributed by atoms with E-state index < -0.39 is 0 Å². The van der Waals surface area contributed by atoms with E-state index in [9.17, 15) is 4.79 Å². The highest BCUT2D eigenvalue weighted by molar-refractivity contribution is 6.30. The van der Waals surface area contributed by atoms with E-state index in [1.54, 1.807) is 6.92 Å². The summed E-state index contributed by atoms with van der Waals surface area (Å²) in [5.41, 5.74) is 0.399. The Morgan fingerprint density at radius 2 is 2.07 bits per heavy atom. The SMILES string of the molecule is CC(Cl)C(=O)N1CCC2(CN(C)C2)C1. The molecule has 0 aromatic rings. The van der Waals surface area contributed by atoms with E-state index in [0.29, 0.717) is 5.41 Å². The van der Waals surface area contributed by atoms with Gasteiger partial charge in [0.05, 0.1) is 0 Å². The van der Waals surface area contributed by atoms with Crippen LogP contribution in [0.4, 0.5) is 0 Å². The van der Waals surface area contributed by atoms with E-state index >= 15 is 0 Å². The maximum absolute atomic E-state index is 11.6. The number of halogens is 1. The molecule has 14 heavy (non-hydrogen) atoms. The Morgan fingerprint density at radius 3 is 2.57 bits per heavy atom. The molecule has 0 aromatic carbocycles. The lowest BCUT2D eigenvalue weighted by Crippen LogP contribution is -2.55. The smallest absolute Gasteiger partial charge is 0.240 e. The minimum Gasteiger partial charge on any atom is -0.341 e. The van der Waals surface area contributed by atoms with Crippen molar-refractivity contribution in [2.24, 2.45) is 5.41 Å². The van der Waals surface area contributed by atoms with Crippen LogP contribution < -0.4 is 0 Å². The molecule has 1 atom stereocenters. The molecule has 3 nitrogen and oxygen atoms in total. The summed E-state index contributed by atoms with van der Waals surface area (Å²) in [7, 11) is 2.12. The molecule has 2 fully saturated rings. The summed E-state index contributed by atoms with van der Waals surface area (Å²) >= 11 is 5.79. The maximum atomic E-state index is 11.6. The number of carbonyl (C=O) groups excluding carboxylic acids is 1. The zero-order valence-corrected chi connectivity index (χ0v) is 9.55. The third-order valence-corrected chi connectivity index (χ3v) is 3.49. The summed E-state index contributed by atoms with van der Waals surface area (Å²) in [6.45, 7) is 5.82. The first kappa shape index (κ1) is 10.2. The van der Waals surface area contributed by atoms with E-state index in [0.717, 1.165) is 32.6 Å². The topological polar surface area (TPSA) is 23.6 Å².